The molecule has 1 aliphatic heterocycles. The quantitative estimate of drug-likeness (QED) is 0.892. The van der Waals surface area contributed by atoms with Crippen LogP contribution in [0.2, 0.25) is 0 Å². The largest absolute Gasteiger partial charge is 0.379 e. The van der Waals surface area contributed by atoms with Crippen LogP contribution in [0.1, 0.15) is 50.2 Å². The van der Waals surface area contributed by atoms with Crippen molar-refractivity contribution in [3.05, 3.63) is 11.7 Å². The topological polar surface area (TPSA) is 83.4 Å². The van der Waals surface area contributed by atoms with Crippen molar-refractivity contribution in [1.82, 2.24) is 10.1 Å². The van der Waals surface area contributed by atoms with E-state index in [1.54, 1.807) is 7.11 Å². The molecular weight excluding hydrogens is 246 g/mol. The first-order valence-electron chi connectivity index (χ1n) is 6.95. The summed E-state index contributed by atoms with van der Waals surface area (Å²) >= 11 is 0. The predicted molar refractivity (Wildman–Crippen MR) is 67.4 cm³/mol. The summed E-state index contributed by atoms with van der Waals surface area (Å²) in [7, 11) is 1.72. The second-order valence-electron chi connectivity index (χ2n) is 5.64. The van der Waals surface area contributed by atoms with Gasteiger partial charge in [0.05, 0.1) is 6.61 Å². The summed E-state index contributed by atoms with van der Waals surface area (Å²) in [6, 6.07) is 0. The van der Waals surface area contributed by atoms with Crippen LogP contribution in [-0.4, -0.2) is 30.5 Å². The normalized spacial score (nSPS) is 30.6. The molecule has 106 valence electrons. The molecule has 0 radical (unpaired) electrons. The van der Waals surface area contributed by atoms with E-state index in [9.17, 15) is 0 Å². The van der Waals surface area contributed by atoms with E-state index in [1.807, 2.05) is 0 Å². The third-order valence-electron chi connectivity index (χ3n) is 4.36. The summed E-state index contributed by atoms with van der Waals surface area (Å²) in [5.41, 5.74) is 5.22. The first-order valence-corrected chi connectivity index (χ1v) is 6.95. The minimum atomic E-state index is -0.630. The van der Waals surface area contributed by atoms with Crippen LogP contribution in [0.15, 0.2) is 4.52 Å². The van der Waals surface area contributed by atoms with Crippen molar-refractivity contribution in [1.29, 1.82) is 0 Å². The molecule has 1 saturated carbocycles. The number of hydrogen-bond donors (Lipinski definition) is 1. The van der Waals surface area contributed by atoms with Gasteiger partial charge in [-0.15, -0.1) is 0 Å². The highest BCUT2D eigenvalue weighted by Gasteiger charge is 2.43. The van der Waals surface area contributed by atoms with E-state index in [1.165, 1.54) is 6.42 Å². The van der Waals surface area contributed by atoms with Crippen LogP contribution in [0.5, 0.6) is 0 Å². The molecular formula is C13H21N3O3. The third-order valence-corrected chi connectivity index (χ3v) is 4.36. The fourth-order valence-electron chi connectivity index (χ4n) is 3.00. The Balaban J connectivity index is 1.87. The Bertz CT molecular complexity index is 434. The van der Waals surface area contributed by atoms with Crippen molar-refractivity contribution in [2.45, 2.75) is 49.7 Å². The number of aromatic nitrogens is 2. The number of hydrogen-bond acceptors (Lipinski definition) is 6. The standard InChI is InChI=1S/C13H21N3O3/c1-17-13(5-3-2-4-6-13)10-15-11(19-16-10)12(14)7-8-18-9-12/h2-9,14H2,1H3. The third kappa shape index (κ3) is 2.17. The number of nitrogens with zero attached hydrogens (tertiary/aromatic N) is 2. The predicted octanol–water partition coefficient (Wildman–Crippen LogP) is 1.45. The fraction of sp³-hybridized carbons (Fsp3) is 0.846. The second-order valence-corrected chi connectivity index (χ2v) is 5.64. The second kappa shape index (κ2) is 4.85. The molecule has 1 aromatic rings. The molecule has 2 N–H and O–H groups in total. The molecule has 1 aliphatic carbocycles. The van der Waals surface area contributed by atoms with Gasteiger partial charge in [0.1, 0.15) is 11.1 Å². The molecule has 6 heteroatoms. The molecule has 1 atom stereocenters. The zero-order valence-corrected chi connectivity index (χ0v) is 11.4. The van der Waals surface area contributed by atoms with Gasteiger partial charge in [-0.3, -0.25) is 0 Å². The molecule has 1 aromatic heterocycles. The van der Waals surface area contributed by atoms with E-state index < -0.39 is 11.1 Å². The summed E-state index contributed by atoms with van der Waals surface area (Å²) in [6.45, 7) is 1.08. The average Bonchev–Trinajstić information content (AvgIpc) is 3.09. The smallest absolute Gasteiger partial charge is 0.249 e. The Labute approximate surface area is 112 Å². The molecule has 2 fully saturated rings. The molecule has 0 bridgehead atoms. The van der Waals surface area contributed by atoms with E-state index in [2.05, 4.69) is 10.1 Å². The van der Waals surface area contributed by atoms with Gasteiger partial charge >= 0.3 is 0 Å². The van der Waals surface area contributed by atoms with Gasteiger partial charge in [-0.25, -0.2) is 0 Å². The van der Waals surface area contributed by atoms with Gasteiger partial charge in [-0.2, -0.15) is 4.98 Å². The molecule has 0 aromatic carbocycles. The maximum absolute atomic E-state index is 6.25. The number of ether oxygens (including phenoxy) is 2. The first kappa shape index (κ1) is 13.0. The summed E-state index contributed by atoms with van der Waals surface area (Å²) in [6.07, 6.45) is 6.11. The molecule has 3 rings (SSSR count). The van der Waals surface area contributed by atoms with Gasteiger partial charge in [0.2, 0.25) is 11.7 Å². The van der Waals surface area contributed by atoms with Gasteiger partial charge in [0.25, 0.3) is 0 Å². The van der Waals surface area contributed by atoms with Gasteiger partial charge in [-0.05, 0) is 19.3 Å². The average molecular weight is 267 g/mol. The Morgan fingerprint density at radius 2 is 2.00 bits per heavy atom. The zero-order chi connectivity index (χ0) is 13.3. The number of nitrogens with two attached hydrogens (primary N) is 1. The Morgan fingerprint density at radius 1 is 1.21 bits per heavy atom. The van der Waals surface area contributed by atoms with Crippen LogP contribution in [0.4, 0.5) is 0 Å². The Kier molecular flexibility index (Phi) is 3.32. The Morgan fingerprint density at radius 3 is 2.63 bits per heavy atom. The van der Waals surface area contributed by atoms with Crippen molar-refractivity contribution in [3.8, 4) is 0 Å². The maximum atomic E-state index is 6.25. The highest BCUT2D eigenvalue weighted by molar-refractivity contribution is 5.09. The molecule has 0 amide bonds. The Hall–Kier alpha value is -0.980. The molecule has 1 saturated heterocycles. The summed E-state index contributed by atoms with van der Waals surface area (Å²) in [4.78, 5) is 4.52. The highest BCUT2D eigenvalue weighted by atomic mass is 16.5. The lowest BCUT2D eigenvalue weighted by molar-refractivity contribution is -0.0527. The maximum Gasteiger partial charge on any atom is 0.249 e. The van der Waals surface area contributed by atoms with E-state index in [-0.39, 0.29) is 0 Å². The molecule has 1 unspecified atom stereocenters. The monoisotopic (exact) mass is 267 g/mol. The lowest BCUT2D eigenvalue weighted by Crippen LogP contribution is -2.38. The lowest BCUT2D eigenvalue weighted by atomic mass is 9.84. The lowest BCUT2D eigenvalue weighted by Gasteiger charge is -2.32. The van der Waals surface area contributed by atoms with Gasteiger partial charge < -0.3 is 19.7 Å². The van der Waals surface area contributed by atoms with E-state index >= 15 is 0 Å². The van der Waals surface area contributed by atoms with E-state index in [0.29, 0.717) is 31.3 Å². The van der Waals surface area contributed by atoms with Crippen LogP contribution in [0.25, 0.3) is 0 Å². The van der Waals surface area contributed by atoms with Gasteiger partial charge in [0.15, 0.2) is 0 Å². The fourth-order valence-corrected chi connectivity index (χ4v) is 3.00. The number of rotatable bonds is 3. The summed E-state index contributed by atoms with van der Waals surface area (Å²) < 4.78 is 16.4. The molecule has 0 spiro atoms. The molecule has 2 heterocycles. The van der Waals surface area contributed by atoms with Crippen molar-refractivity contribution in [2.24, 2.45) is 5.73 Å². The molecule has 2 aliphatic rings. The van der Waals surface area contributed by atoms with Crippen molar-refractivity contribution in [2.75, 3.05) is 20.3 Å². The minimum absolute atomic E-state index is 0.393. The van der Waals surface area contributed by atoms with E-state index in [4.69, 9.17) is 19.7 Å². The van der Waals surface area contributed by atoms with Crippen molar-refractivity contribution >= 4 is 0 Å². The summed E-state index contributed by atoms with van der Waals surface area (Å²) in [5.74, 6) is 1.11. The van der Waals surface area contributed by atoms with Crippen LogP contribution < -0.4 is 5.73 Å². The first-order chi connectivity index (χ1) is 9.19. The van der Waals surface area contributed by atoms with Crippen LogP contribution in [0.3, 0.4) is 0 Å². The van der Waals surface area contributed by atoms with Gasteiger partial charge in [-0.1, -0.05) is 24.4 Å². The van der Waals surface area contributed by atoms with Crippen molar-refractivity contribution < 1.29 is 14.0 Å². The van der Waals surface area contributed by atoms with E-state index in [0.717, 1.165) is 25.7 Å². The molecule has 6 nitrogen and oxygen atoms in total. The van der Waals surface area contributed by atoms with Crippen molar-refractivity contribution in [3.63, 3.8) is 0 Å². The minimum Gasteiger partial charge on any atom is -0.379 e. The molecule has 19 heavy (non-hydrogen) atoms. The van der Waals surface area contributed by atoms with Crippen LogP contribution in [0, 0.1) is 0 Å². The van der Waals surface area contributed by atoms with Gasteiger partial charge in [0, 0.05) is 13.7 Å². The highest BCUT2D eigenvalue weighted by Crippen LogP contribution is 2.39. The zero-order valence-electron chi connectivity index (χ0n) is 11.4. The number of methoxy groups -OCH3 is 1. The SMILES string of the molecule is COC1(c2noc(C3(N)CCOC3)n2)CCCCC1. The van der Waals surface area contributed by atoms with Crippen LogP contribution >= 0.6 is 0 Å². The summed E-state index contributed by atoms with van der Waals surface area (Å²) in [5, 5.41) is 4.13. The van der Waals surface area contributed by atoms with Crippen LogP contribution in [-0.2, 0) is 20.6 Å².